The van der Waals surface area contributed by atoms with Crippen LogP contribution in [0, 0.1) is 10.1 Å². The van der Waals surface area contributed by atoms with Gasteiger partial charge in [0.1, 0.15) is 12.0 Å². The smallest absolute Gasteiger partial charge is 0.335 e. The van der Waals surface area contributed by atoms with Gasteiger partial charge in [0.15, 0.2) is 5.82 Å². The number of carboxylic acids is 1. The first-order chi connectivity index (χ1) is 9.97. The molecule has 0 radical (unpaired) electrons. The van der Waals surface area contributed by atoms with Gasteiger partial charge < -0.3 is 10.4 Å². The third-order valence-corrected chi connectivity index (χ3v) is 2.75. The van der Waals surface area contributed by atoms with E-state index in [0.29, 0.717) is 18.8 Å². The molecule has 2 rings (SSSR count). The summed E-state index contributed by atoms with van der Waals surface area (Å²) in [5.41, 5.74) is -0.136. The van der Waals surface area contributed by atoms with Crippen molar-refractivity contribution in [2.45, 2.75) is 6.42 Å². The Kier molecular flexibility index (Phi) is 4.12. The molecule has 9 nitrogen and oxygen atoms in total. The van der Waals surface area contributed by atoms with E-state index in [2.05, 4.69) is 15.4 Å². The lowest BCUT2D eigenvalue weighted by Crippen LogP contribution is -2.09. The van der Waals surface area contributed by atoms with Crippen molar-refractivity contribution in [3.8, 4) is 0 Å². The van der Waals surface area contributed by atoms with E-state index in [9.17, 15) is 14.9 Å². The van der Waals surface area contributed by atoms with Crippen molar-refractivity contribution in [2.24, 2.45) is 7.05 Å². The number of benzene rings is 1. The zero-order valence-electron chi connectivity index (χ0n) is 11.2. The van der Waals surface area contributed by atoms with Gasteiger partial charge in [-0.3, -0.25) is 14.8 Å². The molecule has 0 saturated carbocycles. The van der Waals surface area contributed by atoms with Gasteiger partial charge in [0.2, 0.25) is 0 Å². The Hall–Kier alpha value is -2.97. The number of carboxylic acid groups (broad SMARTS) is 1. The number of anilines is 1. The lowest BCUT2D eigenvalue weighted by molar-refractivity contribution is -0.384. The first kappa shape index (κ1) is 14.4. The molecule has 110 valence electrons. The largest absolute Gasteiger partial charge is 0.478 e. The minimum atomic E-state index is -1.21. The number of aromatic nitrogens is 3. The predicted molar refractivity (Wildman–Crippen MR) is 73.3 cm³/mol. The van der Waals surface area contributed by atoms with Gasteiger partial charge in [0.25, 0.3) is 5.69 Å². The van der Waals surface area contributed by atoms with Crippen LogP contribution >= 0.6 is 0 Å². The molecule has 2 aromatic rings. The highest BCUT2D eigenvalue weighted by Crippen LogP contribution is 2.25. The summed E-state index contributed by atoms with van der Waals surface area (Å²) in [6.45, 7) is 0.400. The number of nitro groups is 1. The van der Waals surface area contributed by atoms with E-state index in [1.165, 1.54) is 12.1 Å². The topological polar surface area (TPSA) is 123 Å². The van der Waals surface area contributed by atoms with Gasteiger partial charge in [-0.1, -0.05) is 0 Å². The first-order valence-corrected chi connectivity index (χ1v) is 6.07. The van der Waals surface area contributed by atoms with Crippen molar-refractivity contribution in [3.63, 3.8) is 0 Å². The van der Waals surface area contributed by atoms with Gasteiger partial charge in [-0.2, -0.15) is 5.10 Å². The van der Waals surface area contributed by atoms with Crippen LogP contribution in [0.3, 0.4) is 0 Å². The fraction of sp³-hybridized carbons (Fsp3) is 0.250. The van der Waals surface area contributed by atoms with Crippen molar-refractivity contribution < 1.29 is 14.8 Å². The lowest BCUT2D eigenvalue weighted by Gasteiger charge is -2.06. The number of nitrogens with one attached hydrogen (secondary N) is 1. The maximum atomic E-state index is 11.0. The average molecular weight is 291 g/mol. The predicted octanol–water partition coefficient (Wildman–Crippen LogP) is 1.08. The molecule has 0 amide bonds. The quantitative estimate of drug-likeness (QED) is 0.602. The van der Waals surface area contributed by atoms with Crippen LogP contribution in [-0.2, 0) is 13.5 Å². The first-order valence-electron chi connectivity index (χ1n) is 6.07. The minimum absolute atomic E-state index is 0.126. The molecule has 0 saturated heterocycles. The molecule has 9 heteroatoms. The molecular formula is C12H13N5O4. The second-order valence-corrected chi connectivity index (χ2v) is 4.31. The third-order valence-electron chi connectivity index (χ3n) is 2.75. The van der Waals surface area contributed by atoms with E-state index >= 15 is 0 Å². The monoisotopic (exact) mass is 291 g/mol. The number of rotatable bonds is 6. The molecule has 0 aliphatic carbocycles. The summed E-state index contributed by atoms with van der Waals surface area (Å²) in [5, 5.41) is 26.8. The van der Waals surface area contributed by atoms with Gasteiger partial charge in [-0.25, -0.2) is 9.78 Å². The SMILES string of the molecule is Cn1cnc(CCNc2ccc(C(=O)O)cc2[N+](=O)[O-])n1. The van der Waals surface area contributed by atoms with Crippen LogP contribution in [0.15, 0.2) is 24.5 Å². The van der Waals surface area contributed by atoms with Crippen molar-refractivity contribution in [1.29, 1.82) is 0 Å². The molecule has 1 aromatic carbocycles. The second kappa shape index (κ2) is 5.99. The second-order valence-electron chi connectivity index (χ2n) is 4.31. The third kappa shape index (κ3) is 3.53. The minimum Gasteiger partial charge on any atom is -0.478 e. The zero-order valence-corrected chi connectivity index (χ0v) is 11.2. The summed E-state index contributed by atoms with van der Waals surface area (Å²) in [6.07, 6.45) is 2.07. The normalized spacial score (nSPS) is 10.3. The van der Waals surface area contributed by atoms with E-state index in [4.69, 9.17) is 5.11 Å². The van der Waals surface area contributed by atoms with Crippen LogP contribution < -0.4 is 5.32 Å². The summed E-state index contributed by atoms with van der Waals surface area (Å²) in [4.78, 5) is 25.2. The maximum absolute atomic E-state index is 11.0. The van der Waals surface area contributed by atoms with Gasteiger partial charge in [0.05, 0.1) is 10.5 Å². The molecular weight excluding hydrogens is 278 g/mol. The molecule has 1 aromatic heterocycles. The van der Waals surface area contributed by atoms with Gasteiger partial charge in [-0.15, -0.1) is 0 Å². The van der Waals surface area contributed by atoms with Gasteiger partial charge in [0, 0.05) is 26.1 Å². The Morgan fingerprint density at radius 2 is 2.29 bits per heavy atom. The van der Waals surface area contributed by atoms with E-state index < -0.39 is 10.9 Å². The van der Waals surface area contributed by atoms with E-state index in [1.807, 2.05) is 0 Å². The number of hydrogen-bond donors (Lipinski definition) is 2. The number of hydrogen-bond acceptors (Lipinski definition) is 6. The highest BCUT2D eigenvalue weighted by molar-refractivity contribution is 5.89. The number of carbonyl (C=O) groups is 1. The van der Waals surface area contributed by atoms with Gasteiger partial charge in [-0.05, 0) is 12.1 Å². The average Bonchev–Trinajstić information content (AvgIpc) is 2.84. The fourth-order valence-corrected chi connectivity index (χ4v) is 1.77. The molecule has 0 atom stereocenters. The number of aromatic carboxylic acids is 1. The summed E-state index contributed by atoms with van der Waals surface area (Å²) >= 11 is 0. The summed E-state index contributed by atoms with van der Waals surface area (Å²) in [5.74, 6) is -0.586. The molecule has 0 aliphatic heterocycles. The number of nitrogens with zero attached hydrogens (tertiary/aromatic N) is 4. The van der Waals surface area contributed by atoms with Crippen LogP contribution in [0.4, 0.5) is 11.4 Å². The Morgan fingerprint density at radius 3 is 2.86 bits per heavy atom. The summed E-state index contributed by atoms with van der Waals surface area (Å²) < 4.78 is 1.57. The van der Waals surface area contributed by atoms with E-state index in [1.54, 1.807) is 18.1 Å². The van der Waals surface area contributed by atoms with Crippen LogP contribution in [0.1, 0.15) is 16.2 Å². The van der Waals surface area contributed by atoms with Crippen LogP contribution in [-0.4, -0.2) is 37.3 Å². The standard InChI is InChI=1S/C12H13N5O4/c1-16-7-14-11(15-16)4-5-13-9-3-2-8(12(18)19)6-10(9)17(20)21/h2-3,6-7,13H,4-5H2,1H3,(H,18,19). The number of nitro benzene ring substituents is 1. The Labute approximate surface area is 119 Å². The lowest BCUT2D eigenvalue weighted by atomic mass is 10.1. The highest BCUT2D eigenvalue weighted by Gasteiger charge is 2.17. The fourth-order valence-electron chi connectivity index (χ4n) is 1.77. The molecule has 0 fully saturated rings. The molecule has 0 aliphatic rings. The summed E-state index contributed by atoms with van der Waals surface area (Å²) in [7, 11) is 1.75. The zero-order chi connectivity index (χ0) is 15.4. The van der Waals surface area contributed by atoms with Crippen molar-refractivity contribution >= 4 is 17.3 Å². The van der Waals surface area contributed by atoms with Crippen LogP contribution in [0.2, 0.25) is 0 Å². The molecule has 21 heavy (non-hydrogen) atoms. The maximum Gasteiger partial charge on any atom is 0.335 e. The van der Waals surface area contributed by atoms with Crippen molar-refractivity contribution in [2.75, 3.05) is 11.9 Å². The van der Waals surface area contributed by atoms with Gasteiger partial charge >= 0.3 is 5.97 Å². The Bertz CT molecular complexity index is 682. The molecule has 0 bridgehead atoms. The van der Waals surface area contributed by atoms with E-state index in [-0.39, 0.29) is 16.9 Å². The van der Waals surface area contributed by atoms with Crippen molar-refractivity contribution in [3.05, 3.63) is 46.0 Å². The molecule has 0 unspecified atom stereocenters. The Balaban J connectivity index is 2.08. The van der Waals surface area contributed by atoms with Crippen LogP contribution in [0.25, 0.3) is 0 Å². The number of aryl methyl sites for hydroxylation is 1. The van der Waals surface area contributed by atoms with Crippen molar-refractivity contribution in [1.82, 2.24) is 14.8 Å². The Morgan fingerprint density at radius 1 is 1.52 bits per heavy atom. The van der Waals surface area contributed by atoms with E-state index in [0.717, 1.165) is 6.07 Å². The molecule has 2 N–H and O–H groups in total. The molecule has 0 spiro atoms. The highest BCUT2D eigenvalue weighted by atomic mass is 16.6. The summed E-state index contributed by atoms with van der Waals surface area (Å²) in [6, 6.07) is 3.73. The molecule has 1 heterocycles. The van der Waals surface area contributed by atoms with Crippen LogP contribution in [0.5, 0.6) is 0 Å².